The fourth-order valence-electron chi connectivity index (χ4n) is 8.01. The third-order valence-corrected chi connectivity index (χ3v) is 12.0. The van der Waals surface area contributed by atoms with Gasteiger partial charge in [-0.15, -0.1) is 11.3 Å². The van der Waals surface area contributed by atoms with Gasteiger partial charge < -0.3 is 9.80 Å². The molecule has 0 aliphatic heterocycles. The van der Waals surface area contributed by atoms with Crippen molar-refractivity contribution in [3.05, 3.63) is 190 Å². The molecular weight excluding hydrogens is 737 g/mol. The number of para-hydroxylation sites is 3. The fourth-order valence-corrected chi connectivity index (χ4v) is 9.46. The van der Waals surface area contributed by atoms with Crippen LogP contribution in [0.3, 0.4) is 0 Å². The van der Waals surface area contributed by atoms with Gasteiger partial charge in [-0.25, -0.2) is 0 Å². The second-order valence-corrected chi connectivity index (χ2v) is 17.1. The van der Waals surface area contributed by atoms with Gasteiger partial charge >= 0.3 is 0 Å². The standard InChI is InChI=1S/C54H55N4S/c1-8-56(45-23-13-10-14-24-45)54-48(35-55)52(42-21-11-9-12-22-42)53(59-54)51(43-27-31-46(32-28-43)57(36-38(2)3)49-25-17-15-19-40(49)6)44-29-33-47(34-30-44)58(37-39(4)5)50-26-18-16-20-41(50)7/h9-34,38-39H,8,36-37H2,1-7H3/q+1. The van der Waals surface area contributed by atoms with Crippen LogP contribution in [0.2, 0.25) is 0 Å². The molecule has 0 atom stereocenters. The molecule has 4 nitrogen and oxygen atoms in total. The highest BCUT2D eigenvalue weighted by molar-refractivity contribution is 7.18. The number of anilines is 4. The molecule has 59 heavy (non-hydrogen) atoms. The van der Waals surface area contributed by atoms with Gasteiger partial charge in [0.15, 0.2) is 6.54 Å². The van der Waals surface area contributed by atoms with Crippen molar-refractivity contribution in [3.8, 4) is 17.2 Å². The van der Waals surface area contributed by atoms with Gasteiger partial charge in [0.2, 0.25) is 11.4 Å². The molecule has 296 valence electrons. The van der Waals surface area contributed by atoms with Crippen molar-refractivity contribution in [2.45, 2.75) is 48.5 Å². The van der Waals surface area contributed by atoms with E-state index in [-0.39, 0.29) is 0 Å². The second-order valence-electron chi connectivity index (χ2n) is 16.1. The number of rotatable bonds is 13. The maximum atomic E-state index is 11.1. The number of nitrogens with zero attached hydrogens (tertiary/aromatic N) is 4. The Morgan fingerprint density at radius 2 is 1.25 bits per heavy atom. The Labute approximate surface area is 356 Å². The summed E-state index contributed by atoms with van der Waals surface area (Å²) in [5.74, 6) is 0.941. The first-order valence-corrected chi connectivity index (χ1v) is 21.7. The minimum Gasteiger partial charge on any atom is -0.341 e. The van der Waals surface area contributed by atoms with Gasteiger partial charge in [0.25, 0.3) is 0 Å². The summed E-state index contributed by atoms with van der Waals surface area (Å²) in [6, 6.07) is 50.0. The topological polar surface area (TPSA) is 33.3 Å². The number of hydrogen-bond acceptors (Lipinski definition) is 4. The van der Waals surface area contributed by atoms with E-state index in [9.17, 15) is 5.26 Å². The van der Waals surface area contributed by atoms with Crippen LogP contribution >= 0.6 is 11.3 Å². The molecule has 0 radical (unpaired) electrons. The molecule has 0 bridgehead atoms. The number of thiophene rings is 1. The highest BCUT2D eigenvalue weighted by Gasteiger charge is 2.28. The lowest BCUT2D eigenvalue weighted by Crippen LogP contribution is -2.23. The van der Waals surface area contributed by atoms with E-state index < -0.39 is 0 Å². The van der Waals surface area contributed by atoms with E-state index in [2.05, 4.69) is 215 Å². The van der Waals surface area contributed by atoms with Crippen molar-refractivity contribution < 1.29 is 4.58 Å². The lowest BCUT2D eigenvalue weighted by molar-refractivity contribution is -0.447. The Hall–Kier alpha value is -6.22. The van der Waals surface area contributed by atoms with E-state index in [0.717, 1.165) is 74.4 Å². The number of allylic oxidation sites excluding steroid dienone is 5. The Morgan fingerprint density at radius 3 is 1.85 bits per heavy atom. The summed E-state index contributed by atoms with van der Waals surface area (Å²) in [5, 5.41) is 12.0. The zero-order valence-corrected chi connectivity index (χ0v) is 36.3. The van der Waals surface area contributed by atoms with Crippen molar-refractivity contribution >= 4 is 50.4 Å². The third-order valence-electron chi connectivity index (χ3n) is 10.8. The molecule has 5 aromatic carbocycles. The molecule has 1 aromatic heterocycles. The Balaban J connectivity index is 1.48. The molecule has 0 unspecified atom stereocenters. The highest BCUT2D eigenvalue weighted by atomic mass is 32.1. The first-order valence-electron chi connectivity index (χ1n) is 20.9. The second kappa shape index (κ2) is 18.6. The fraction of sp³-hybridized carbons (Fsp3) is 0.222. The van der Waals surface area contributed by atoms with Gasteiger partial charge in [0, 0.05) is 75.9 Å². The summed E-state index contributed by atoms with van der Waals surface area (Å²) in [5.41, 5.74) is 14.3. The number of hydrogen-bond donors (Lipinski definition) is 0. The molecule has 0 amide bonds. The minimum absolute atomic E-state index is 0.471. The molecule has 0 saturated carbocycles. The van der Waals surface area contributed by atoms with Gasteiger partial charge in [0.05, 0.1) is 5.56 Å². The summed E-state index contributed by atoms with van der Waals surface area (Å²) in [6.45, 7) is 18.2. The van der Waals surface area contributed by atoms with Crippen LogP contribution in [-0.2, 0) is 0 Å². The molecule has 1 aliphatic rings. The lowest BCUT2D eigenvalue weighted by Gasteiger charge is -2.28. The summed E-state index contributed by atoms with van der Waals surface area (Å²) in [7, 11) is 0. The Morgan fingerprint density at radius 1 is 0.661 bits per heavy atom. The number of nitriles is 1. The maximum absolute atomic E-state index is 11.1. The molecule has 0 fully saturated rings. The average Bonchev–Trinajstić information content (AvgIpc) is 3.62. The van der Waals surface area contributed by atoms with E-state index in [4.69, 9.17) is 0 Å². The van der Waals surface area contributed by atoms with Gasteiger partial charge in [-0.2, -0.15) is 9.84 Å². The van der Waals surface area contributed by atoms with Crippen LogP contribution in [0.1, 0.15) is 61.7 Å². The predicted molar refractivity (Wildman–Crippen MR) is 253 cm³/mol. The lowest BCUT2D eigenvalue weighted by atomic mass is 9.90. The van der Waals surface area contributed by atoms with Gasteiger partial charge in [-0.05, 0) is 91.4 Å². The first kappa shape index (κ1) is 41.0. The molecule has 7 rings (SSSR count). The van der Waals surface area contributed by atoms with Gasteiger partial charge in [0.1, 0.15) is 11.1 Å². The van der Waals surface area contributed by atoms with E-state index in [1.165, 1.54) is 22.5 Å². The molecule has 0 saturated heterocycles. The Kier molecular flexibility index (Phi) is 12.9. The van der Waals surface area contributed by atoms with Crippen LogP contribution < -0.4 is 9.80 Å². The first-order chi connectivity index (χ1) is 28.7. The minimum atomic E-state index is 0.471. The van der Waals surface area contributed by atoms with Crippen LogP contribution in [0.4, 0.5) is 27.8 Å². The van der Waals surface area contributed by atoms with Crippen molar-refractivity contribution in [1.82, 2.24) is 0 Å². The Bertz CT molecular complexity index is 2550. The summed E-state index contributed by atoms with van der Waals surface area (Å²) in [4.78, 5) is 5.80. The largest absolute Gasteiger partial charge is 0.341 e. The van der Waals surface area contributed by atoms with Crippen LogP contribution in [0, 0.1) is 37.0 Å². The monoisotopic (exact) mass is 791 g/mol. The number of aryl methyl sites for hydroxylation is 2. The third kappa shape index (κ3) is 8.94. The molecular formula is C54H55N4S+. The van der Waals surface area contributed by atoms with Crippen molar-refractivity contribution in [2.75, 3.05) is 29.4 Å². The van der Waals surface area contributed by atoms with Crippen molar-refractivity contribution in [2.24, 2.45) is 11.8 Å². The van der Waals surface area contributed by atoms with Crippen molar-refractivity contribution in [3.63, 3.8) is 0 Å². The van der Waals surface area contributed by atoms with E-state index in [1.807, 2.05) is 12.1 Å². The quantitative estimate of drug-likeness (QED) is 0.109. The molecule has 5 heteroatoms. The SMILES string of the molecule is CCN(c1ccccc1)c1sc(C(=C2C=CC(=[N+](CC(C)C)c3ccccc3C)C=C2)c2ccc(N(CC(C)C)c3ccccc3C)cc2)c(-c2ccccc2)c1C#N. The molecule has 0 spiro atoms. The normalized spacial score (nSPS) is 12.3. The number of benzene rings is 5. The van der Waals surface area contributed by atoms with Crippen molar-refractivity contribution in [1.29, 1.82) is 5.26 Å². The van der Waals surface area contributed by atoms with Crippen LogP contribution in [-0.4, -0.2) is 29.9 Å². The molecule has 0 N–H and O–H groups in total. The van der Waals surface area contributed by atoms with Gasteiger partial charge in [-0.1, -0.05) is 125 Å². The van der Waals surface area contributed by atoms with E-state index >= 15 is 0 Å². The summed E-state index contributed by atoms with van der Waals surface area (Å²) < 4.78 is 2.44. The van der Waals surface area contributed by atoms with Gasteiger partial charge in [-0.3, -0.25) is 0 Å². The zero-order valence-electron chi connectivity index (χ0n) is 35.5. The summed E-state index contributed by atoms with van der Waals surface area (Å²) in [6.07, 6.45) is 9.09. The molecule has 1 aliphatic carbocycles. The van der Waals surface area contributed by atoms with Crippen LogP contribution in [0.25, 0.3) is 16.7 Å². The zero-order chi connectivity index (χ0) is 41.5. The summed E-state index contributed by atoms with van der Waals surface area (Å²) >= 11 is 1.71. The predicted octanol–water partition coefficient (Wildman–Crippen LogP) is 14.2. The average molecular weight is 792 g/mol. The van der Waals surface area contributed by atoms with E-state index in [1.54, 1.807) is 11.3 Å². The highest BCUT2D eigenvalue weighted by Crippen LogP contribution is 2.49. The van der Waals surface area contributed by atoms with Crippen LogP contribution in [0.5, 0.6) is 0 Å². The molecule has 1 heterocycles. The molecule has 6 aromatic rings. The maximum Gasteiger partial charge on any atom is 0.208 e. The van der Waals surface area contributed by atoms with E-state index in [0.29, 0.717) is 17.4 Å². The smallest absolute Gasteiger partial charge is 0.208 e. The van der Waals surface area contributed by atoms with Crippen LogP contribution in [0.15, 0.2) is 163 Å².